The number of aryl methyl sites for hydroxylation is 2. The van der Waals surface area contributed by atoms with Gasteiger partial charge in [-0.15, -0.1) is 11.8 Å². The average Bonchev–Trinajstić information content (AvgIpc) is 2.80. The van der Waals surface area contributed by atoms with Crippen LogP contribution >= 0.6 is 11.8 Å². The van der Waals surface area contributed by atoms with Crippen molar-refractivity contribution in [1.29, 1.82) is 0 Å². The third-order valence-corrected chi connectivity index (χ3v) is 5.55. The fraction of sp³-hybridized carbons (Fsp3) is 0.333. The second-order valence-electron chi connectivity index (χ2n) is 5.59. The Morgan fingerprint density at radius 1 is 1.10 bits per heavy atom. The van der Waals surface area contributed by atoms with Gasteiger partial charge in [-0.25, -0.2) is 0 Å². The van der Waals surface area contributed by atoms with Crippen LogP contribution in [-0.4, -0.2) is 12.3 Å². The monoisotopic (exact) mass is 283 g/mol. The molecule has 1 nitrogen and oxygen atoms in total. The van der Waals surface area contributed by atoms with Gasteiger partial charge in [-0.05, 0) is 50.1 Å². The maximum absolute atomic E-state index is 3.50. The van der Waals surface area contributed by atoms with Crippen molar-refractivity contribution in [2.24, 2.45) is 0 Å². The molecule has 0 bridgehead atoms. The first-order valence-corrected chi connectivity index (χ1v) is 8.06. The molecule has 0 heterocycles. The molecular weight excluding hydrogens is 262 g/mol. The molecule has 1 N–H and O–H groups in total. The minimum atomic E-state index is 0.455. The molecule has 1 aliphatic rings. The summed E-state index contributed by atoms with van der Waals surface area (Å²) in [5.41, 5.74) is 5.69. The number of hydrogen-bond acceptors (Lipinski definition) is 2. The number of fused-ring (bicyclic) bond motifs is 1. The van der Waals surface area contributed by atoms with Crippen molar-refractivity contribution in [2.75, 3.05) is 7.05 Å². The summed E-state index contributed by atoms with van der Waals surface area (Å²) >= 11 is 2.02. The molecule has 0 saturated carbocycles. The van der Waals surface area contributed by atoms with Crippen molar-refractivity contribution in [3.63, 3.8) is 0 Å². The third kappa shape index (κ3) is 2.50. The van der Waals surface area contributed by atoms with Crippen LogP contribution in [0.5, 0.6) is 0 Å². The van der Waals surface area contributed by atoms with Gasteiger partial charge in [0.05, 0.1) is 0 Å². The predicted molar refractivity (Wildman–Crippen MR) is 87.5 cm³/mol. The molecule has 2 heteroatoms. The van der Waals surface area contributed by atoms with Gasteiger partial charge >= 0.3 is 0 Å². The third-order valence-electron chi connectivity index (χ3n) is 4.12. The number of benzene rings is 2. The molecule has 0 fully saturated rings. The van der Waals surface area contributed by atoms with Crippen LogP contribution in [0.1, 0.15) is 28.3 Å². The maximum atomic E-state index is 3.50. The molecule has 3 rings (SSSR count). The summed E-state index contributed by atoms with van der Waals surface area (Å²) in [6.45, 7) is 4.38. The Morgan fingerprint density at radius 3 is 2.70 bits per heavy atom. The van der Waals surface area contributed by atoms with Crippen LogP contribution in [-0.2, 0) is 6.42 Å². The summed E-state index contributed by atoms with van der Waals surface area (Å²) in [7, 11) is 2.07. The van der Waals surface area contributed by atoms with Crippen LogP contribution in [0, 0.1) is 13.8 Å². The Bertz CT molecular complexity index is 621. The zero-order chi connectivity index (χ0) is 14.1. The van der Waals surface area contributed by atoms with E-state index in [4.69, 9.17) is 0 Å². The zero-order valence-corrected chi connectivity index (χ0v) is 13.1. The van der Waals surface area contributed by atoms with Gasteiger partial charge in [0.15, 0.2) is 0 Å². The number of hydrogen-bond donors (Lipinski definition) is 1. The first-order chi connectivity index (χ1) is 9.69. The van der Waals surface area contributed by atoms with Crippen molar-refractivity contribution in [2.45, 2.75) is 36.5 Å². The van der Waals surface area contributed by atoms with Gasteiger partial charge in [-0.1, -0.05) is 42.0 Å². The molecule has 2 atom stereocenters. The van der Waals surface area contributed by atoms with E-state index in [-0.39, 0.29) is 0 Å². The SMILES string of the molecule is CNC1c2ccccc2CC1Sc1cc(C)ccc1C. The van der Waals surface area contributed by atoms with E-state index in [1.54, 1.807) is 0 Å². The lowest BCUT2D eigenvalue weighted by Gasteiger charge is -2.20. The largest absolute Gasteiger partial charge is 0.312 e. The summed E-state index contributed by atoms with van der Waals surface area (Å²) in [6.07, 6.45) is 1.15. The van der Waals surface area contributed by atoms with Gasteiger partial charge in [0, 0.05) is 16.2 Å². The van der Waals surface area contributed by atoms with Crippen LogP contribution < -0.4 is 5.32 Å². The minimum Gasteiger partial charge on any atom is -0.312 e. The Balaban J connectivity index is 1.87. The van der Waals surface area contributed by atoms with E-state index >= 15 is 0 Å². The van der Waals surface area contributed by atoms with Gasteiger partial charge in [0.25, 0.3) is 0 Å². The molecule has 0 aromatic heterocycles. The number of nitrogens with one attached hydrogen (secondary N) is 1. The first kappa shape index (κ1) is 13.7. The molecule has 0 aliphatic heterocycles. The Kier molecular flexibility index (Phi) is 3.86. The quantitative estimate of drug-likeness (QED) is 0.902. The molecule has 1 aliphatic carbocycles. The number of rotatable bonds is 3. The first-order valence-electron chi connectivity index (χ1n) is 7.18. The standard InChI is InChI=1S/C18H21NS/c1-12-8-9-13(2)16(10-12)20-17-11-14-6-4-5-7-15(14)18(17)19-3/h4-10,17-19H,11H2,1-3H3. The van der Waals surface area contributed by atoms with E-state index in [0.717, 1.165) is 6.42 Å². The Hall–Kier alpha value is -1.25. The zero-order valence-electron chi connectivity index (χ0n) is 12.3. The minimum absolute atomic E-state index is 0.455. The van der Waals surface area contributed by atoms with Crippen molar-refractivity contribution in [3.8, 4) is 0 Å². The van der Waals surface area contributed by atoms with Crippen LogP contribution in [0.3, 0.4) is 0 Å². The fourth-order valence-corrected chi connectivity index (χ4v) is 4.52. The van der Waals surface area contributed by atoms with Gasteiger partial charge in [0.1, 0.15) is 0 Å². The normalized spacial score (nSPS) is 20.9. The highest BCUT2D eigenvalue weighted by atomic mass is 32.2. The van der Waals surface area contributed by atoms with Crippen LogP contribution in [0.25, 0.3) is 0 Å². The average molecular weight is 283 g/mol. The smallest absolute Gasteiger partial charge is 0.0447 e. The lowest BCUT2D eigenvalue weighted by atomic mass is 10.1. The van der Waals surface area contributed by atoms with Gasteiger partial charge < -0.3 is 5.32 Å². The van der Waals surface area contributed by atoms with Crippen molar-refractivity contribution in [1.82, 2.24) is 5.32 Å². The van der Waals surface area contributed by atoms with Gasteiger partial charge in [-0.3, -0.25) is 0 Å². The van der Waals surface area contributed by atoms with Gasteiger partial charge in [-0.2, -0.15) is 0 Å². The molecule has 20 heavy (non-hydrogen) atoms. The van der Waals surface area contributed by atoms with Crippen LogP contribution in [0.4, 0.5) is 0 Å². The number of thioether (sulfide) groups is 1. The lowest BCUT2D eigenvalue weighted by molar-refractivity contribution is 0.603. The van der Waals surface area contributed by atoms with E-state index in [1.807, 2.05) is 11.8 Å². The Labute approximate surface area is 125 Å². The summed E-state index contributed by atoms with van der Waals surface area (Å²) in [5.74, 6) is 0. The van der Waals surface area contributed by atoms with Crippen molar-refractivity contribution < 1.29 is 0 Å². The van der Waals surface area contributed by atoms with Crippen molar-refractivity contribution in [3.05, 3.63) is 64.7 Å². The summed E-state index contributed by atoms with van der Waals surface area (Å²) in [6, 6.07) is 16.0. The molecule has 2 aromatic rings. The van der Waals surface area contributed by atoms with Crippen LogP contribution in [0.15, 0.2) is 47.4 Å². The molecule has 104 valence electrons. The highest BCUT2D eigenvalue weighted by Gasteiger charge is 2.31. The molecule has 2 unspecified atom stereocenters. The van der Waals surface area contributed by atoms with Gasteiger partial charge in [0.2, 0.25) is 0 Å². The van der Waals surface area contributed by atoms with Crippen molar-refractivity contribution >= 4 is 11.8 Å². The molecule has 0 saturated heterocycles. The van der Waals surface area contributed by atoms with E-state index in [2.05, 4.69) is 68.7 Å². The fourth-order valence-electron chi connectivity index (χ4n) is 3.01. The summed E-state index contributed by atoms with van der Waals surface area (Å²) < 4.78 is 0. The second-order valence-corrected chi connectivity index (χ2v) is 6.88. The molecular formula is C18H21NS. The topological polar surface area (TPSA) is 12.0 Å². The lowest BCUT2D eigenvalue weighted by Crippen LogP contribution is -2.23. The summed E-state index contributed by atoms with van der Waals surface area (Å²) in [5, 5.41) is 4.09. The van der Waals surface area contributed by atoms with Crippen LogP contribution in [0.2, 0.25) is 0 Å². The van der Waals surface area contributed by atoms with E-state index in [0.29, 0.717) is 11.3 Å². The predicted octanol–water partition coefficient (Wildman–Crippen LogP) is 4.28. The summed E-state index contributed by atoms with van der Waals surface area (Å²) in [4.78, 5) is 1.42. The van der Waals surface area contributed by atoms with E-state index < -0.39 is 0 Å². The highest BCUT2D eigenvalue weighted by molar-refractivity contribution is 8.00. The maximum Gasteiger partial charge on any atom is 0.0447 e. The highest BCUT2D eigenvalue weighted by Crippen LogP contribution is 2.42. The molecule has 0 spiro atoms. The second kappa shape index (κ2) is 5.63. The Morgan fingerprint density at radius 2 is 1.90 bits per heavy atom. The van der Waals surface area contributed by atoms with E-state index in [1.165, 1.54) is 27.1 Å². The molecule has 2 aromatic carbocycles. The molecule has 0 amide bonds. The molecule has 0 radical (unpaired) electrons. The van der Waals surface area contributed by atoms with E-state index in [9.17, 15) is 0 Å².